The normalized spacial score (nSPS) is 33.3. The fraction of sp³-hybridized carbons (Fsp3) is 1.00. The van der Waals surface area contributed by atoms with Crippen molar-refractivity contribution in [1.29, 1.82) is 0 Å². The summed E-state index contributed by atoms with van der Waals surface area (Å²) in [6.45, 7) is 5.88. The van der Waals surface area contributed by atoms with Crippen LogP contribution in [-0.2, 0) is 9.47 Å². The molecule has 0 aromatic rings. The number of rotatable bonds is 6. The number of nitrogens with one attached hydrogen (secondary N) is 1. The third kappa shape index (κ3) is 2.83. The zero-order chi connectivity index (χ0) is 15.6. The number of ether oxygens (including phenoxy) is 2. The lowest BCUT2D eigenvalue weighted by Crippen LogP contribution is -2.66. The molecular weight excluding hydrogens is 276 g/mol. The minimum atomic E-state index is 0.273. The van der Waals surface area contributed by atoms with Crippen molar-refractivity contribution in [3.8, 4) is 0 Å². The van der Waals surface area contributed by atoms with Gasteiger partial charge in [0.2, 0.25) is 0 Å². The summed E-state index contributed by atoms with van der Waals surface area (Å²) < 4.78 is 11.6. The standard InChI is InChI=1S/C18H34N2O2/c1-4-22-16-13-15(18(16)7-5-6-8-18)19-14-17(20(2)3)9-11-21-12-10-17/h15-16,19H,4-14H2,1-3H3. The molecule has 1 aliphatic heterocycles. The molecule has 0 bridgehead atoms. The molecule has 2 unspecified atom stereocenters. The van der Waals surface area contributed by atoms with Gasteiger partial charge in [-0.3, -0.25) is 0 Å². The van der Waals surface area contributed by atoms with E-state index in [9.17, 15) is 0 Å². The topological polar surface area (TPSA) is 33.7 Å². The molecule has 3 rings (SSSR count). The second-order valence-corrected chi connectivity index (χ2v) is 7.78. The largest absolute Gasteiger partial charge is 0.381 e. The Kier molecular flexibility index (Phi) is 5.13. The maximum Gasteiger partial charge on any atom is 0.0661 e. The van der Waals surface area contributed by atoms with Crippen molar-refractivity contribution in [2.45, 2.75) is 69.6 Å². The predicted octanol–water partition coefficient (Wildman–Crippen LogP) is 2.42. The van der Waals surface area contributed by atoms with Crippen molar-refractivity contribution >= 4 is 0 Å². The van der Waals surface area contributed by atoms with Crippen LogP contribution in [0, 0.1) is 5.41 Å². The van der Waals surface area contributed by atoms with Gasteiger partial charge in [0.1, 0.15) is 0 Å². The Balaban J connectivity index is 1.61. The molecular formula is C18H34N2O2. The van der Waals surface area contributed by atoms with Crippen molar-refractivity contribution in [2.75, 3.05) is 40.5 Å². The highest BCUT2D eigenvalue weighted by molar-refractivity contribution is 5.11. The monoisotopic (exact) mass is 310 g/mol. The lowest BCUT2D eigenvalue weighted by Gasteiger charge is -2.55. The van der Waals surface area contributed by atoms with Crippen LogP contribution in [0.15, 0.2) is 0 Å². The van der Waals surface area contributed by atoms with E-state index in [1.807, 2.05) is 0 Å². The fourth-order valence-electron chi connectivity index (χ4n) is 5.02. The lowest BCUT2D eigenvalue weighted by molar-refractivity contribution is -0.133. The van der Waals surface area contributed by atoms with E-state index in [0.29, 0.717) is 17.6 Å². The molecule has 4 nitrogen and oxygen atoms in total. The van der Waals surface area contributed by atoms with E-state index in [-0.39, 0.29) is 5.54 Å². The average Bonchev–Trinajstić information content (AvgIpc) is 3.03. The molecule has 128 valence electrons. The summed E-state index contributed by atoms with van der Waals surface area (Å²) in [5.74, 6) is 0. The molecule has 1 saturated heterocycles. The summed E-state index contributed by atoms with van der Waals surface area (Å²) in [7, 11) is 4.45. The molecule has 3 fully saturated rings. The Morgan fingerprint density at radius 1 is 1.14 bits per heavy atom. The fourth-order valence-corrected chi connectivity index (χ4v) is 5.02. The highest BCUT2D eigenvalue weighted by Gasteiger charge is 2.56. The van der Waals surface area contributed by atoms with Crippen molar-refractivity contribution in [2.24, 2.45) is 5.41 Å². The predicted molar refractivity (Wildman–Crippen MR) is 89.2 cm³/mol. The van der Waals surface area contributed by atoms with Gasteiger partial charge in [-0.15, -0.1) is 0 Å². The second kappa shape index (κ2) is 6.76. The first-order valence-electron chi connectivity index (χ1n) is 9.23. The Hall–Kier alpha value is -0.160. The van der Waals surface area contributed by atoms with Gasteiger partial charge in [0, 0.05) is 43.4 Å². The number of nitrogens with zero attached hydrogens (tertiary/aromatic N) is 1. The quantitative estimate of drug-likeness (QED) is 0.817. The number of likely N-dealkylation sites (N-methyl/N-ethyl adjacent to an activating group) is 1. The molecule has 0 aromatic heterocycles. The van der Waals surface area contributed by atoms with Gasteiger partial charge in [0.15, 0.2) is 0 Å². The van der Waals surface area contributed by atoms with Crippen LogP contribution in [0.4, 0.5) is 0 Å². The van der Waals surface area contributed by atoms with Crippen molar-refractivity contribution in [3.05, 3.63) is 0 Å². The highest BCUT2D eigenvalue weighted by Crippen LogP contribution is 2.54. The van der Waals surface area contributed by atoms with Crippen LogP contribution < -0.4 is 5.32 Å². The van der Waals surface area contributed by atoms with Gasteiger partial charge < -0.3 is 19.7 Å². The van der Waals surface area contributed by atoms with Gasteiger partial charge in [-0.2, -0.15) is 0 Å². The van der Waals surface area contributed by atoms with Crippen molar-refractivity contribution < 1.29 is 9.47 Å². The van der Waals surface area contributed by atoms with Gasteiger partial charge in [0.05, 0.1) is 6.10 Å². The van der Waals surface area contributed by atoms with Crippen LogP contribution in [0.1, 0.15) is 51.9 Å². The van der Waals surface area contributed by atoms with Gasteiger partial charge >= 0.3 is 0 Å². The average molecular weight is 310 g/mol. The maximum absolute atomic E-state index is 6.04. The Bertz CT molecular complexity index is 360. The third-order valence-electron chi connectivity index (χ3n) is 6.74. The molecule has 1 spiro atoms. The van der Waals surface area contributed by atoms with E-state index in [1.54, 1.807) is 0 Å². The van der Waals surface area contributed by atoms with Gasteiger partial charge in [-0.25, -0.2) is 0 Å². The van der Waals surface area contributed by atoms with E-state index in [4.69, 9.17) is 9.47 Å². The number of hydrogen-bond donors (Lipinski definition) is 1. The van der Waals surface area contributed by atoms with E-state index in [0.717, 1.165) is 39.2 Å². The van der Waals surface area contributed by atoms with Crippen molar-refractivity contribution in [1.82, 2.24) is 10.2 Å². The molecule has 0 amide bonds. The Labute approximate surface area is 135 Å². The molecule has 2 aliphatic carbocycles. The summed E-state index contributed by atoms with van der Waals surface area (Å²) in [5.41, 5.74) is 0.712. The van der Waals surface area contributed by atoms with Crippen LogP contribution in [0.5, 0.6) is 0 Å². The zero-order valence-corrected chi connectivity index (χ0v) is 14.7. The van der Waals surface area contributed by atoms with Crippen molar-refractivity contribution in [3.63, 3.8) is 0 Å². The van der Waals surface area contributed by atoms with Crippen LogP contribution in [0.2, 0.25) is 0 Å². The zero-order valence-electron chi connectivity index (χ0n) is 14.7. The molecule has 1 N–H and O–H groups in total. The Morgan fingerprint density at radius 2 is 1.82 bits per heavy atom. The molecule has 22 heavy (non-hydrogen) atoms. The SMILES string of the molecule is CCOC1CC(NCC2(N(C)C)CCOCC2)C12CCCC2. The van der Waals surface area contributed by atoms with Crippen LogP contribution in [0.3, 0.4) is 0 Å². The lowest BCUT2D eigenvalue weighted by atomic mass is 9.60. The molecule has 3 aliphatic rings. The summed E-state index contributed by atoms with van der Waals surface area (Å²) in [4.78, 5) is 2.42. The summed E-state index contributed by atoms with van der Waals surface area (Å²) >= 11 is 0. The first kappa shape index (κ1) is 16.7. The maximum atomic E-state index is 6.04. The molecule has 0 aromatic carbocycles. The van der Waals surface area contributed by atoms with E-state index in [2.05, 4.69) is 31.2 Å². The van der Waals surface area contributed by atoms with E-state index in [1.165, 1.54) is 32.1 Å². The molecule has 0 radical (unpaired) electrons. The molecule has 1 heterocycles. The summed E-state index contributed by atoms with van der Waals surface area (Å²) in [6.07, 6.45) is 9.46. The third-order valence-corrected chi connectivity index (χ3v) is 6.74. The van der Waals surface area contributed by atoms with E-state index >= 15 is 0 Å². The number of hydrogen-bond acceptors (Lipinski definition) is 4. The molecule has 2 saturated carbocycles. The Morgan fingerprint density at radius 3 is 2.41 bits per heavy atom. The first-order chi connectivity index (χ1) is 10.6. The highest BCUT2D eigenvalue weighted by atomic mass is 16.5. The van der Waals surface area contributed by atoms with Gasteiger partial charge in [-0.1, -0.05) is 12.8 Å². The molecule has 2 atom stereocenters. The summed E-state index contributed by atoms with van der Waals surface area (Å²) in [5, 5.41) is 3.95. The minimum absolute atomic E-state index is 0.273. The van der Waals surface area contributed by atoms with Crippen LogP contribution >= 0.6 is 0 Å². The van der Waals surface area contributed by atoms with E-state index < -0.39 is 0 Å². The van der Waals surface area contributed by atoms with Crippen LogP contribution in [-0.4, -0.2) is 63.0 Å². The van der Waals surface area contributed by atoms with Gasteiger partial charge in [0.25, 0.3) is 0 Å². The second-order valence-electron chi connectivity index (χ2n) is 7.78. The first-order valence-corrected chi connectivity index (χ1v) is 9.23. The summed E-state index contributed by atoms with van der Waals surface area (Å²) in [6, 6.07) is 0.659. The van der Waals surface area contributed by atoms with Gasteiger partial charge in [-0.05, 0) is 53.1 Å². The minimum Gasteiger partial charge on any atom is -0.381 e. The van der Waals surface area contributed by atoms with Crippen LogP contribution in [0.25, 0.3) is 0 Å². The smallest absolute Gasteiger partial charge is 0.0661 e. The molecule has 4 heteroatoms.